The van der Waals surface area contributed by atoms with Gasteiger partial charge in [-0.2, -0.15) is 0 Å². The average molecular weight is 437 g/mol. The largest absolute Gasteiger partial charge is 0.444 e. The monoisotopic (exact) mass is 436 g/mol. The molecule has 3 amide bonds. The molecule has 0 radical (unpaired) electrons. The number of alkyl carbamates (subject to hydrolysis) is 1. The van der Waals surface area contributed by atoms with Crippen LogP contribution >= 0.6 is 0 Å². The molecule has 0 aliphatic carbocycles. The Morgan fingerprint density at radius 3 is 2.35 bits per heavy atom. The first kappa shape index (κ1) is 26.8. The molecular formula is C23H40N4O4. The van der Waals surface area contributed by atoms with Crippen LogP contribution < -0.4 is 10.6 Å². The molecule has 2 N–H and O–H groups in total. The van der Waals surface area contributed by atoms with Crippen LogP contribution in [0.25, 0.3) is 0 Å². The van der Waals surface area contributed by atoms with Crippen molar-refractivity contribution in [3.8, 4) is 11.8 Å². The second-order valence-electron chi connectivity index (χ2n) is 8.93. The number of nitrogens with zero attached hydrogens (tertiary/aromatic N) is 2. The molecule has 176 valence electrons. The number of likely N-dealkylation sites (tertiary alicyclic amines) is 1. The molecule has 1 heterocycles. The van der Waals surface area contributed by atoms with Crippen molar-refractivity contribution in [1.29, 1.82) is 0 Å². The van der Waals surface area contributed by atoms with Crippen LogP contribution in [0.2, 0.25) is 0 Å². The van der Waals surface area contributed by atoms with E-state index in [1.807, 2.05) is 0 Å². The molecule has 0 spiro atoms. The summed E-state index contributed by atoms with van der Waals surface area (Å²) in [5, 5.41) is 5.38. The summed E-state index contributed by atoms with van der Waals surface area (Å²) < 4.78 is 5.11. The number of rotatable bonds is 11. The zero-order chi connectivity index (χ0) is 23.1. The molecule has 0 saturated carbocycles. The molecule has 1 rings (SSSR count). The third-order valence-electron chi connectivity index (χ3n) is 4.78. The molecule has 0 aromatic carbocycles. The molecule has 31 heavy (non-hydrogen) atoms. The Morgan fingerprint density at radius 2 is 1.68 bits per heavy atom. The van der Waals surface area contributed by atoms with Gasteiger partial charge in [0.2, 0.25) is 11.8 Å². The van der Waals surface area contributed by atoms with E-state index in [9.17, 15) is 14.4 Å². The summed E-state index contributed by atoms with van der Waals surface area (Å²) in [4.78, 5) is 39.4. The zero-order valence-corrected chi connectivity index (χ0v) is 19.7. The predicted molar refractivity (Wildman–Crippen MR) is 121 cm³/mol. The molecular weight excluding hydrogens is 396 g/mol. The smallest absolute Gasteiger partial charge is 0.407 e. The van der Waals surface area contributed by atoms with Gasteiger partial charge in [0.05, 0.1) is 13.1 Å². The average Bonchev–Trinajstić information content (AvgIpc) is 3.19. The van der Waals surface area contributed by atoms with Crippen LogP contribution in [-0.2, 0) is 14.3 Å². The topological polar surface area (TPSA) is 91.0 Å². The van der Waals surface area contributed by atoms with Crippen molar-refractivity contribution < 1.29 is 19.1 Å². The van der Waals surface area contributed by atoms with Gasteiger partial charge in [0.1, 0.15) is 5.60 Å². The zero-order valence-electron chi connectivity index (χ0n) is 19.7. The fourth-order valence-corrected chi connectivity index (χ4v) is 3.05. The lowest BCUT2D eigenvalue weighted by Gasteiger charge is -2.19. The molecule has 1 fully saturated rings. The van der Waals surface area contributed by atoms with Crippen LogP contribution in [-0.4, -0.2) is 79.6 Å². The highest BCUT2D eigenvalue weighted by Gasteiger charge is 2.15. The van der Waals surface area contributed by atoms with Crippen molar-refractivity contribution in [1.82, 2.24) is 20.4 Å². The van der Waals surface area contributed by atoms with Gasteiger partial charge in [-0.05, 0) is 59.5 Å². The number of ether oxygens (including phenoxy) is 1. The summed E-state index contributed by atoms with van der Waals surface area (Å²) in [6.07, 6.45) is 5.19. The van der Waals surface area contributed by atoms with Gasteiger partial charge in [-0.3, -0.25) is 14.5 Å². The van der Waals surface area contributed by atoms with Gasteiger partial charge in [-0.15, -0.1) is 0 Å². The van der Waals surface area contributed by atoms with Crippen LogP contribution in [0.5, 0.6) is 0 Å². The van der Waals surface area contributed by atoms with Crippen LogP contribution in [0.15, 0.2) is 0 Å². The molecule has 8 heteroatoms. The van der Waals surface area contributed by atoms with E-state index >= 15 is 0 Å². The summed E-state index contributed by atoms with van der Waals surface area (Å²) in [6.45, 7) is 9.70. The molecule has 0 bridgehead atoms. The van der Waals surface area contributed by atoms with Gasteiger partial charge in [0.25, 0.3) is 0 Å². The molecule has 0 atom stereocenters. The SMILES string of the molecule is CN(CC#CCN1CCCC1)C(=O)CCCCCNC(=O)CCNC(=O)OC(C)(C)C. The van der Waals surface area contributed by atoms with Gasteiger partial charge < -0.3 is 20.3 Å². The quantitative estimate of drug-likeness (QED) is 0.383. The minimum atomic E-state index is -0.552. The Kier molecular flexibility index (Phi) is 12.7. The summed E-state index contributed by atoms with van der Waals surface area (Å²) >= 11 is 0. The van der Waals surface area contributed by atoms with Crippen LogP contribution in [0.1, 0.15) is 65.7 Å². The number of hydrogen-bond acceptors (Lipinski definition) is 5. The fourth-order valence-electron chi connectivity index (χ4n) is 3.05. The van der Waals surface area contributed by atoms with Gasteiger partial charge in [-0.1, -0.05) is 18.3 Å². The molecule has 0 unspecified atom stereocenters. The van der Waals surface area contributed by atoms with Crippen LogP contribution in [0, 0.1) is 11.8 Å². The first-order chi connectivity index (χ1) is 14.7. The van der Waals surface area contributed by atoms with Gasteiger partial charge in [0.15, 0.2) is 0 Å². The Balaban J connectivity index is 1.99. The Bertz CT molecular complexity index is 628. The fraction of sp³-hybridized carbons (Fsp3) is 0.783. The summed E-state index contributed by atoms with van der Waals surface area (Å²) in [6, 6.07) is 0. The highest BCUT2D eigenvalue weighted by molar-refractivity contribution is 5.77. The van der Waals surface area contributed by atoms with Crippen LogP contribution in [0.3, 0.4) is 0 Å². The second kappa shape index (κ2) is 14.7. The van der Waals surface area contributed by atoms with E-state index in [1.54, 1.807) is 32.7 Å². The number of hydrogen-bond donors (Lipinski definition) is 2. The highest BCUT2D eigenvalue weighted by atomic mass is 16.6. The molecule has 1 aliphatic rings. The number of nitrogens with one attached hydrogen (secondary N) is 2. The maximum Gasteiger partial charge on any atom is 0.407 e. The second-order valence-corrected chi connectivity index (χ2v) is 8.93. The lowest BCUT2D eigenvalue weighted by molar-refractivity contribution is -0.129. The lowest BCUT2D eigenvalue weighted by Crippen LogP contribution is -2.35. The Morgan fingerprint density at radius 1 is 0.968 bits per heavy atom. The normalized spacial score (nSPS) is 13.8. The highest BCUT2D eigenvalue weighted by Crippen LogP contribution is 2.07. The van der Waals surface area contributed by atoms with Crippen molar-refractivity contribution in [3.05, 3.63) is 0 Å². The number of carbonyl (C=O) groups is 3. The number of carbonyl (C=O) groups excluding carboxylic acids is 3. The molecule has 0 aromatic rings. The standard InChI is InChI=1S/C23H40N4O4/c1-23(2,3)31-22(30)25-15-13-20(28)24-14-7-5-6-12-21(29)26(4)16-8-9-17-27-18-10-11-19-27/h5-7,10-19H2,1-4H3,(H,24,28)(H,25,30). The summed E-state index contributed by atoms with van der Waals surface area (Å²) in [5.74, 6) is 6.23. The van der Waals surface area contributed by atoms with Crippen molar-refractivity contribution in [2.75, 3.05) is 46.3 Å². The molecule has 8 nitrogen and oxygen atoms in total. The first-order valence-corrected chi connectivity index (χ1v) is 11.3. The maximum atomic E-state index is 12.1. The summed E-state index contributed by atoms with van der Waals surface area (Å²) in [5.41, 5.74) is -0.552. The minimum absolute atomic E-state index is 0.104. The van der Waals surface area contributed by atoms with Crippen molar-refractivity contribution in [3.63, 3.8) is 0 Å². The van der Waals surface area contributed by atoms with E-state index in [2.05, 4.69) is 27.4 Å². The first-order valence-electron chi connectivity index (χ1n) is 11.3. The Labute approximate surface area is 187 Å². The third-order valence-corrected chi connectivity index (χ3v) is 4.78. The van der Waals surface area contributed by atoms with E-state index in [1.165, 1.54) is 12.8 Å². The summed E-state index contributed by atoms with van der Waals surface area (Å²) in [7, 11) is 1.79. The third kappa shape index (κ3) is 14.4. The maximum absolute atomic E-state index is 12.1. The van der Waals surface area contributed by atoms with Crippen LogP contribution in [0.4, 0.5) is 4.79 Å². The minimum Gasteiger partial charge on any atom is -0.444 e. The molecule has 0 aromatic heterocycles. The van der Waals surface area contributed by atoms with Gasteiger partial charge in [0, 0.05) is 33.0 Å². The van der Waals surface area contributed by atoms with Crippen molar-refractivity contribution in [2.24, 2.45) is 0 Å². The van der Waals surface area contributed by atoms with E-state index < -0.39 is 11.7 Å². The van der Waals surface area contributed by atoms with Gasteiger partial charge >= 0.3 is 6.09 Å². The Hall–Kier alpha value is -2.27. The number of amides is 3. The van der Waals surface area contributed by atoms with Crippen molar-refractivity contribution >= 4 is 17.9 Å². The van der Waals surface area contributed by atoms with E-state index in [0.717, 1.165) is 38.9 Å². The molecule has 1 saturated heterocycles. The number of unbranched alkanes of at least 4 members (excludes halogenated alkanes) is 2. The van der Waals surface area contributed by atoms with Gasteiger partial charge in [-0.25, -0.2) is 4.79 Å². The van der Waals surface area contributed by atoms with E-state index in [-0.39, 0.29) is 24.8 Å². The van der Waals surface area contributed by atoms with E-state index in [4.69, 9.17) is 4.74 Å². The predicted octanol–water partition coefficient (Wildman–Crippen LogP) is 2.14. The van der Waals surface area contributed by atoms with Crippen molar-refractivity contribution in [2.45, 2.75) is 71.3 Å². The lowest BCUT2D eigenvalue weighted by atomic mass is 10.2. The van der Waals surface area contributed by atoms with E-state index in [0.29, 0.717) is 19.5 Å². The molecule has 1 aliphatic heterocycles.